The summed E-state index contributed by atoms with van der Waals surface area (Å²) in [5.41, 5.74) is 1.49. The van der Waals surface area contributed by atoms with Gasteiger partial charge in [0.15, 0.2) is 0 Å². The second kappa shape index (κ2) is 8.44. The maximum absolute atomic E-state index is 13.8. The van der Waals surface area contributed by atoms with Crippen molar-refractivity contribution in [3.05, 3.63) is 71.5 Å². The molecule has 2 N–H and O–H groups in total. The molecule has 0 radical (unpaired) electrons. The van der Waals surface area contributed by atoms with Crippen LogP contribution in [0.15, 0.2) is 54.6 Å². The maximum Gasteiger partial charge on any atom is 0.221 e. The molecule has 0 bridgehead atoms. The van der Waals surface area contributed by atoms with Gasteiger partial charge in [0, 0.05) is 13.0 Å². The van der Waals surface area contributed by atoms with Crippen LogP contribution in [0.1, 0.15) is 42.9 Å². The standard InChI is InChI=1S/C19H22FNO2/c1-14(16-9-5-6-10-17(16)20)13-19(23)21-18(11-12-22)15-7-3-2-4-8-15/h2-10,14,18,22H,11-13H2,1H3,(H,21,23). The van der Waals surface area contributed by atoms with Gasteiger partial charge in [0.05, 0.1) is 6.04 Å². The van der Waals surface area contributed by atoms with E-state index in [1.165, 1.54) is 6.07 Å². The van der Waals surface area contributed by atoms with Crippen LogP contribution in [0.4, 0.5) is 4.39 Å². The molecule has 0 aliphatic rings. The monoisotopic (exact) mass is 315 g/mol. The van der Waals surface area contributed by atoms with Crippen molar-refractivity contribution >= 4 is 5.91 Å². The number of hydrogen-bond donors (Lipinski definition) is 2. The number of aliphatic hydroxyl groups is 1. The van der Waals surface area contributed by atoms with E-state index in [0.29, 0.717) is 12.0 Å². The fraction of sp³-hybridized carbons (Fsp3) is 0.316. The van der Waals surface area contributed by atoms with E-state index in [1.807, 2.05) is 37.3 Å². The molecule has 0 saturated heterocycles. The Labute approximate surface area is 136 Å². The largest absolute Gasteiger partial charge is 0.396 e. The van der Waals surface area contributed by atoms with Crippen molar-refractivity contribution in [2.45, 2.75) is 31.7 Å². The third-order valence-corrected chi connectivity index (χ3v) is 3.88. The highest BCUT2D eigenvalue weighted by Gasteiger charge is 2.18. The van der Waals surface area contributed by atoms with E-state index >= 15 is 0 Å². The molecule has 2 atom stereocenters. The van der Waals surface area contributed by atoms with Crippen molar-refractivity contribution in [2.24, 2.45) is 0 Å². The molecule has 4 heteroatoms. The van der Waals surface area contributed by atoms with Crippen molar-refractivity contribution < 1.29 is 14.3 Å². The average molecular weight is 315 g/mol. The predicted octanol–water partition coefficient (Wildman–Crippen LogP) is 3.56. The van der Waals surface area contributed by atoms with Gasteiger partial charge < -0.3 is 10.4 Å². The molecule has 2 aromatic carbocycles. The molecule has 2 rings (SSSR count). The molecule has 0 fully saturated rings. The number of benzene rings is 2. The summed E-state index contributed by atoms with van der Waals surface area (Å²) in [6, 6.07) is 15.8. The van der Waals surface area contributed by atoms with Crippen LogP contribution in [-0.2, 0) is 4.79 Å². The summed E-state index contributed by atoms with van der Waals surface area (Å²) in [5, 5.41) is 12.1. The number of hydrogen-bond acceptors (Lipinski definition) is 2. The van der Waals surface area contributed by atoms with Crippen molar-refractivity contribution in [1.29, 1.82) is 0 Å². The van der Waals surface area contributed by atoms with E-state index < -0.39 is 0 Å². The summed E-state index contributed by atoms with van der Waals surface area (Å²) in [5.74, 6) is -0.646. The van der Waals surface area contributed by atoms with Crippen molar-refractivity contribution in [2.75, 3.05) is 6.61 Å². The third-order valence-electron chi connectivity index (χ3n) is 3.88. The molecule has 0 aliphatic carbocycles. The zero-order valence-corrected chi connectivity index (χ0v) is 13.2. The molecule has 0 aromatic heterocycles. The van der Waals surface area contributed by atoms with Crippen LogP contribution < -0.4 is 5.32 Å². The van der Waals surface area contributed by atoms with Gasteiger partial charge in [-0.05, 0) is 29.5 Å². The van der Waals surface area contributed by atoms with Gasteiger partial charge in [0.1, 0.15) is 5.82 Å². The van der Waals surface area contributed by atoms with Crippen LogP contribution in [0.2, 0.25) is 0 Å². The molecule has 2 unspecified atom stereocenters. The fourth-order valence-electron chi connectivity index (χ4n) is 2.65. The van der Waals surface area contributed by atoms with Crippen LogP contribution in [0.25, 0.3) is 0 Å². The summed E-state index contributed by atoms with van der Waals surface area (Å²) in [6.45, 7) is 1.82. The second-order valence-corrected chi connectivity index (χ2v) is 5.67. The first-order valence-electron chi connectivity index (χ1n) is 7.81. The van der Waals surface area contributed by atoms with Gasteiger partial charge in [-0.3, -0.25) is 4.79 Å². The Hall–Kier alpha value is -2.20. The molecule has 0 aliphatic heterocycles. The van der Waals surface area contributed by atoms with Gasteiger partial charge in [0.25, 0.3) is 0 Å². The lowest BCUT2D eigenvalue weighted by molar-refractivity contribution is -0.122. The Balaban J connectivity index is 2.01. The number of halogens is 1. The van der Waals surface area contributed by atoms with Crippen LogP contribution in [0.3, 0.4) is 0 Å². The molecular weight excluding hydrogens is 293 g/mol. The van der Waals surface area contributed by atoms with Gasteiger partial charge in [0.2, 0.25) is 5.91 Å². The smallest absolute Gasteiger partial charge is 0.221 e. The van der Waals surface area contributed by atoms with E-state index in [1.54, 1.807) is 18.2 Å². The van der Waals surface area contributed by atoms with Gasteiger partial charge >= 0.3 is 0 Å². The Bertz CT molecular complexity index is 630. The number of aliphatic hydroxyl groups excluding tert-OH is 1. The van der Waals surface area contributed by atoms with Crippen molar-refractivity contribution in [1.82, 2.24) is 5.32 Å². The number of nitrogens with one attached hydrogen (secondary N) is 1. The van der Waals surface area contributed by atoms with Crippen LogP contribution in [-0.4, -0.2) is 17.6 Å². The number of amides is 1. The molecule has 0 heterocycles. The number of carbonyl (C=O) groups is 1. The van der Waals surface area contributed by atoms with Gasteiger partial charge in [-0.15, -0.1) is 0 Å². The number of rotatable bonds is 7. The third kappa shape index (κ3) is 4.89. The van der Waals surface area contributed by atoms with Crippen LogP contribution in [0, 0.1) is 5.82 Å². The Kier molecular flexibility index (Phi) is 6.29. The molecule has 23 heavy (non-hydrogen) atoms. The van der Waals surface area contributed by atoms with E-state index in [9.17, 15) is 14.3 Å². The topological polar surface area (TPSA) is 49.3 Å². The Morgan fingerprint density at radius 2 is 1.78 bits per heavy atom. The summed E-state index contributed by atoms with van der Waals surface area (Å²) >= 11 is 0. The molecule has 3 nitrogen and oxygen atoms in total. The van der Waals surface area contributed by atoms with E-state index in [0.717, 1.165) is 5.56 Å². The highest BCUT2D eigenvalue weighted by atomic mass is 19.1. The first-order valence-corrected chi connectivity index (χ1v) is 7.81. The lowest BCUT2D eigenvalue weighted by Crippen LogP contribution is -2.30. The molecule has 0 saturated carbocycles. The lowest BCUT2D eigenvalue weighted by Gasteiger charge is -2.20. The summed E-state index contributed by atoms with van der Waals surface area (Å²) < 4.78 is 13.8. The molecule has 122 valence electrons. The highest BCUT2D eigenvalue weighted by Crippen LogP contribution is 2.23. The van der Waals surface area contributed by atoms with Crippen LogP contribution >= 0.6 is 0 Å². The van der Waals surface area contributed by atoms with Crippen molar-refractivity contribution in [3.63, 3.8) is 0 Å². The first kappa shape index (κ1) is 17.2. The van der Waals surface area contributed by atoms with E-state index in [2.05, 4.69) is 5.32 Å². The van der Waals surface area contributed by atoms with E-state index in [-0.39, 0.29) is 36.7 Å². The number of carbonyl (C=O) groups excluding carboxylic acids is 1. The zero-order valence-electron chi connectivity index (χ0n) is 13.2. The normalized spacial score (nSPS) is 13.3. The SMILES string of the molecule is CC(CC(=O)NC(CCO)c1ccccc1)c1ccccc1F. The Morgan fingerprint density at radius 3 is 2.43 bits per heavy atom. The molecule has 1 amide bonds. The van der Waals surface area contributed by atoms with Crippen LogP contribution in [0.5, 0.6) is 0 Å². The summed E-state index contributed by atoms with van der Waals surface area (Å²) in [7, 11) is 0. The minimum atomic E-state index is -0.289. The van der Waals surface area contributed by atoms with Gasteiger partial charge in [-0.25, -0.2) is 4.39 Å². The second-order valence-electron chi connectivity index (χ2n) is 5.67. The van der Waals surface area contributed by atoms with Gasteiger partial charge in [-0.1, -0.05) is 55.5 Å². The Morgan fingerprint density at radius 1 is 1.13 bits per heavy atom. The molecular formula is C19H22FNO2. The molecule has 2 aromatic rings. The highest BCUT2D eigenvalue weighted by molar-refractivity contribution is 5.77. The quantitative estimate of drug-likeness (QED) is 0.821. The maximum atomic E-state index is 13.8. The average Bonchev–Trinajstić information content (AvgIpc) is 2.55. The predicted molar refractivity (Wildman–Crippen MR) is 88.5 cm³/mol. The van der Waals surface area contributed by atoms with Crippen molar-refractivity contribution in [3.8, 4) is 0 Å². The summed E-state index contributed by atoms with van der Waals surface area (Å²) in [6.07, 6.45) is 0.652. The lowest BCUT2D eigenvalue weighted by atomic mass is 9.96. The van der Waals surface area contributed by atoms with Gasteiger partial charge in [-0.2, -0.15) is 0 Å². The minimum Gasteiger partial charge on any atom is -0.396 e. The zero-order chi connectivity index (χ0) is 16.7. The minimum absolute atomic E-state index is 0.0112. The summed E-state index contributed by atoms with van der Waals surface area (Å²) in [4.78, 5) is 12.3. The van der Waals surface area contributed by atoms with E-state index in [4.69, 9.17) is 0 Å². The fourth-order valence-corrected chi connectivity index (χ4v) is 2.65. The molecule has 0 spiro atoms. The first-order chi connectivity index (χ1) is 11.1.